The lowest BCUT2D eigenvalue weighted by Gasteiger charge is -2.21. The first-order valence-electron chi connectivity index (χ1n) is 8.02. The van der Waals surface area contributed by atoms with Gasteiger partial charge in [-0.25, -0.2) is 13.2 Å². The molecule has 0 aliphatic heterocycles. The molecule has 0 unspecified atom stereocenters. The zero-order valence-electron chi connectivity index (χ0n) is 14.9. The fraction of sp³-hybridized carbons (Fsp3) is 0.389. The molecular weight excluding hydrogens is 340 g/mol. The van der Waals surface area contributed by atoms with Crippen LogP contribution in [-0.2, 0) is 14.8 Å². The van der Waals surface area contributed by atoms with Gasteiger partial charge in [0.25, 0.3) is 0 Å². The van der Waals surface area contributed by atoms with Crippen LogP contribution in [0, 0.1) is 0 Å². The monoisotopic (exact) mass is 364 g/mol. The molecule has 0 heterocycles. The lowest BCUT2D eigenvalue weighted by molar-refractivity contribution is 0.0526. The third-order valence-corrected chi connectivity index (χ3v) is 5.45. The molecule has 0 spiro atoms. The predicted molar refractivity (Wildman–Crippen MR) is 98.0 cm³/mol. The number of hydrogen-bond acceptors (Lipinski definition) is 4. The average Bonchev–Trinajstić information content (AvgIpc) is 2.52. The maximum atomic E-state index is 12.8. The summed E-state index contributed by atoms with van der Waals surface area (Å²) in [4.78, 5) is 11.9. The number of sulfonamides is 1. The van der Waals surface area contributed by atoms with Crippen molar-refractivity contribution >= 4 is 26.9 Å². The van der Waals surface area contributed by atoms with Gasteiger partial charge in [-0.05, 0) is 32.2 Å². The molecule has 6 nitrogen and oxygen atoms in total. The molecule has 0 fully saturated rings. The van der Waals surface area contributed by atoms with Crippen LogP contribution < -0.4 is 5.32 Å². The summed E-state index contributed by atoms with van der Waals surface area (Å²) in [5.74, 6) is 0. The molecule has 1 amide bonds. The van der Waals surface area contributed by atoms with Crippen molar-refractivity contribution in [3.8, 4) is 0 Å². The zero-order chi connectivity index (χ0) is 18.7. The Hall–Kier alpha value is -2.12. The van der Waals surface area contributed by atoms with Crippen LogP contribution in [0.2, 0.25) is 0 Å². The number of benzene rings is 2. The Labute approximate surface area is 148 Å². The van der Waals surface area contributed by atoms with Gasteiger partial charge in [-0.1, -0.05) is 36.4 Å². The number of amides is 1. The molecule has 0 atom stereocenters. The summed E-state index contributed by atoms with van der Waals surface area (Å²) < 4.78 is 32.0. The molecule has 136 valence electrons. The molecular formula is C18H24N2O4S. The van der Waals surface area contributed by atoms with E-state index in [4.69, 9.17) is 4.74 Å². The van der Waals surface area contributed by atoms with E-state index in [1.165, 1.54) is 11.4 Å². The van der Waals surface area contributed by atoms with Gasteiger partial charge in [0.15, 0.2) is 0 Å². The molecule has 0 aromatic heterocycles. The summed E-state index contributed by atoms with van der Waals surface area (Å²) in [6.45, 7) is 5.61. The van der Waals surface area contributed by atoms with Gasteiger partial charge in [-0.15, -0.1) is 0 Å². The van der Waals surface area contributed by atoms with E-state index < -0.39 is 21.7 Å². The van der Waals surface area contributed by atoms with Crippen molar-refractivity contribution in [2.24, 2.45) is 0 Å². The lowest BCUT2D eigenvalue weighted by atomic mass is 10.1. The fourth-order valence-electron chi connectivity index (χ4n) is 2.34. The van der Waals surface area contributed by atoms with Gasteiger partial charge in [0.1, 0.15) is 5.60 Å². The van der Waals surface area contributed by atoms with Gasteiger partial charge in [0.2, 0.25) is 10.0 Å². The maximum Gasteiger partial charge on any atom is 0.407 e. The Balaban J connectivity index is 2.08. The van der Waals surface area contributed by atoms with Crippen molar-refractivity contribution < 1.29 is 17.9 Å². The van der Waals surface area contributed by atoms with Gasteiger partial charge in [-0.2, -0.15) is 4.31 Å². The number of alkyl carbamates (subject to hydrolysis) is 1. The van der Waals surface area contributed by atoms with E-state index in [-0.39, 0.29) is 18.0 Å². The second kappa shape index (κ2) is 7.41. The summed E-state index contributed by atoms with van der Waals surface area (Å²) in [6, 6.07) is 12.5. The predicted octanol–water partition coefficient (Wildman–Crippen LogP) is 2.99. The van der Waals surface area contributed by atoms with E-state index in [0.29, 0.717) is 5.39 Å². The quantitative estimate of drug-likeness (QED) is 0.885. The van der Waals surface area contributed by atoms with Crippen LogP contribution in [0.3, 0.4) is 0 Å². The molecule has 2 aromatic carbocycles. The number of ether oxygens (including phenoxy) is 1. The smallest absolute Gasteiger partial charge is 0.407 e. The lowest BCUT2D eigenvalue weighted by Crippen LogP contribution is -2.38. The van der Waals surface area contributed by atoms with E-state index in [2.05, 4.69) is 5.32 Å². The Morgan fingerprint density at radius 3 is 2.44 bits per heavy atom. The minimum absolute atomic E-state index is 0.144. The molecule has 25 heavy (non-hydrogen) atoms. The number of fused-ring (bicyclic) bond motifs is 1. The van der Waals surface area contributed by atoms with Crippen molar-refractivity contribution in [3.63, 3.8) is 0 Å². The average molecular weight is 364 g/mol. The zero-order valence-corrected chi connectivity index (χ0v) is 15.8. The van der Waals surface area contributed by atoms with Crippen LogP contribution in [-0.4, -0.2) is 44.6 Å². The first-order valence-corrected chi connectivity index (χ1v) is 9.46. The van der Waals surface area contributed by atoms with Crippen molar-refractivity contribution in [1.29, 1.82) is 0 Å². The number of carbonyl (C=O) groups excluding carboxylic acids is 1. The van der Waals surface area contributed by atoms with E-state index in [0.717, 1.165) is 5.39 Å². The molecule has 0 radical (unpaired) electrons. The summed E-state index contributed by atoms with van der Waals surface area (Å²) in [5.41, 5.74) is -0.592. The fourth-order valence-corrected chi connectivity index (χ4v) is 3.72. The Bertz CT molecular complexity index is 852. The molecule has 7 heteroatoms. The molecule has 0 aliphatic carbocycles. The number of hydrogen-bond donors (Lipinski definition) is 1. The van der Waals surface area contributed by atoms with Gasteiger partial charge in [0.05, 0.1) is 4.90 Å². The van der Waals surface area contributed by atoms with Crippen molar-refractivity contribution in [2.45, 2.75) is 31.3 Å². The first kappa shape index (κ1) is 19.2. The van der Waals surface area contributed by atoms with Gasteiger partial charge >= 0.3 is 6.09 Å². The highest BCUT2D eigenvalue weighted by Gasteiger charge is 2.23. The Kier molecular flexibility index (Phi) is 5.69. The molecule has 1 N–H and O–H groups in total. The summed E-state index contributed by atoms with van der Waals surface area (Å²) in [6.07, 6.45) is -0.566. The molecule has 0 bridgehead atoms. The van der Waals surface area contributed by atoms with Crippen LogP contribution in [0.5, 0.6) is 0 Å². The normalized spacial score (nSPS) is 12.4. The topological polar surface area (TPSA) is 75.7 Å². The van der Waals surface area contributed by atoms with E-state index in [1.807, 2.05) is 24.3 Å². The van der Waals surface area contributed by atoms with Crippen LogP contribution in [0.1, 0.15) is 20.8 Å². The van der Waals surface area contributed by atoms with Crippen LogP contribution in [0.15, 0.2) is 47.4 Å². The maximum absolute atomic E-state index is 12.8. The molecule has 2 rings (SSSR count). The van der Waals surface area contributed by atoms with Crippen LogP contribution in [0.4, 0.5) is 4.79 Å². The second-order valence-corrected chi connectivity index (χ2v) is 8.75. The largest absolute Gasteiger partial charge is 0.444 e. The Morgan fingerprint density at radius 2 is 1.76 bits per heavy atom. The second-order valence-electron chi connectivity index (χ2n) is 6.73. The van der Waals surface area contributed by atoms with Crippen molar-refractivity contribution in [1.82, 2.24) is 9.62 Å². The third-order valence-electron chi connectivity index (χ3n) is 3.53. The summed E-state index contributed by atoms with van der Waals surface area (Å²) in [5, 5.41) is 4.11. The first-order chi connectivity index (χ1) is 11.6. The third kappa shape index (κ3) is 4.93. The molecule has 0 aliphatic rings. The highest BCUT2D eigenvalue weighted by Crippen LogP contribution is 2.24. The summed E-state index contributed by atoms with van der Waals surface area (Å²) >= 11 is 0. The van der Waals surface area contributed by atoms with E-state index in [1.54, 1.807) is 39.0 Å². The minimum atomic E-state index is -3.66. The molecule has 0 saturated heterocycles. The van der Waals surface area contributed by atoms with Crippen molar-refractivity contribution in [2.75, 3.05) is 20.1 Å². The van der Waals surface area contributed by atoms with Crippen molar-refractivity contribution in [3.05, 3.63) is 42.5 Å². The summed E-state index contributed by atoms with van der Waals surface area (Å²) in [7, 11) is -2.16. The standard InChI is InChI=1S/C18H24N2O4S/c1-18(2,3)24-17(21)19-12-13-20(4)25(22,23)16-11-7-9-14-8-5-6-10-15(14)16/h5-11H,12-13H2,1-4H3,(H,19,21). The minimum Gasteiger partial charge on any atom is -0.444 e. The van der Waals surface area contributed by atoms with E-state index in [9.17, 15) is 13.2 Å². The highest BCUT2D eigenvalue weighted by molar-refractivity contribution is 7.89. The highest BCUT2D eigenvalue weighted by atomic mass is 32.2. The SMILES string of the molecule is CN(CCNC(=O)OC(C)(C)C)S(=O)(=O)c1cccc2ccccc12. The number of likely N-dealkylation sites (N-methyl/N-ethyl adjacent to an activating group) is 1. The van der Waals surface area contributed by atoms with Gasteiger partial charge in [-0.3, -0.25) is 0 Å². The number of carbonyl (C=O) groups is 1. The molecule has 2 aromatic rings. The number of nitrogens with one attached hydrogen (secondary N) is 1. The van der Waals surface area contributed by atoms with E-state index >= 15 is 0 Å². The number of nitrogens with zero attached hydrogens (tertiary/aromatic N) is 1. The Morgan fingerprint density at radius 1 is 1.12 bits per heavy atom. The van der Waals surface area contributed by atoms with Gasteiger partial charge < -0.3 is 10.1 Å². The number of rotatable bonds is 5. The van der Waals surface area contributed by atoms with Gasteiger partial charge in [0, 0.05) is 25.5 Å². The van der Waals surface area contributed by atoms with Crippen LogP contribution in [0.25, 0.3) is 10.8 Å². The van der Waals surface area contributed by atoms with Crippen LogP contribution >= 0.6 is 0 Å². The molecule has 0 saturated carbocycles.